The molecule has 2 unspecified atom stereocenters. The van der Waals surface area contributed by atoms with Crippen molar-refractivity contribution in [3.8, 4) is 0 Å². The topological polar surface area (TPSA) is 32.3 Å². The minimum absolute atomic E-state index is 0.00407. The van der Waals surface area contributed by atoms with E-state index in [-0.39, 0.29) is 6.10 Å². The van der Waals surface area contributed by atoms with Gasteiger partial charge in [-0.25, -0.2) is 0 Å². The van der Waals surface area contributed by atoms with Gasteiger partial charge in [-0.3, -0.25) is 0 Å². The van der Waals surface area contributed by atoms with E-state index in [1.54, 1.807) is 0 Å². The molecule has 0 spiro atoms. The number of hydrogen-bond donors (Lipinski definition) is 2. The fraction of sp³-hybridized carbons (Fsp3) is 1.00. The number of aliphatic hydroxyl groups is 1. The predicted molar refractivity (Wildman–Crippen MR) is 62.8 cm³/mol. The van der Waals surface area contributed by atoms with Crippen molar-refractivity contribution >= 4 is 0 Å². The van der Waals surface area contributed by atoms with Crippen molar-refractivity contribution < 1.29 is 5.11 Å². The average molecular weight is 211 g/mol. The molecule has 88 valence electrons. The van der Waals surface area contributed by atoms with Crippen molar-refractivity contribution in [2.75, 3.05) is 13.1 Å². The van der Waals surface area contributed by atoms with Crippen molar-refractivity contribution in [3.63, 3.8) is 0 Å². The lowest BCUT2D eigenvalue weighted by atomic mass is 9.88. The first kappa shape index (κ1) is 11.4. The maximum atomic E-state index is 10.2. The van der Waals surface area contributed by atoms with Crippen LogP contribution in [0.2, 0.25) is 0 Å². The highest BCUT2D eigenvalue weighted by molar-refractivity contribution is 4.78. The summed E-state index contributed by atoms with van der Waals surface area (Å²) >= 11 is 0. The van der Waals surface area contributed by atoms with Gasteiger partial charge in [0.1, 0.15) is 0 Å². The Morgan fingerprint density at radius 3 is 2.60 bits per heavy atom. The lowest BCUT2D eigenvalue weighted by Crippen LogP contribution is -2.22. The van der Waals surface area contributed by atoms with E-state index in [0.717, 1.165) is 18.9 Å². The van der Waals surface area contributed by atoms with Crippen LogP contribution in [-0.4, -0.2) is 24.3 Å². The van der Waals surface area contributed by atoms with Gasteiger partial charge in [0.2, 0.25) is 0 Å². The first-order valence-corrected chi connectivity index (χ1v) is 6.75. The standard InChI is InChI=1S/C13H25NO/c15-13(12-5-1-2-6-12)10-11-4-3-8-14-9-7-11/h11-15H,1-10H2. The van der Waals surface area contributed by atoms with E-state index >= 15 is 0 Å². The number of rotatable bonds is 3. The van der Waals surface area contributed by atoms with Crippen molar-refractivity contribution in [2.45, 2.75) is 57.5 Å². The molecule has 1 heterocycles. The highest BCUT2D eigenvalue weighted by atomic mass is 16.3. The SMILES string of the molecule is OC(CC1CCCNCC1)C1CCCC1. The van der Waals surface area contributed by atoms with Gasteiger partial charge in [-0.1, -0.05) is 12.8 Å². The summed E-state index contributed by atoms with van der Waals surface area (Å²) < 4.78 is 0. The normalized spacial score (nSPS) is 31.4. The molecule has 1 saturated heterocycles. The molecule has 2 N–H and O–H groups in total. The zero-order valence-electron chi connectivity index (χ0n) is 9.75. The molecule has 15 heavy (non-hydrogen) atoms. The Kier molecular flexibility index (Phi) is 4.45. The molecule has 2 nitrogen and oxygen atoms in total. The van der Waals surface area contributed by atoms with Crippen LogP contribution in [0.4, 0.5) is 0 Å². The molecule has 2 rings (SSSR count). The van der Waals surface area contributed by atoms with Crippen LogP contribution in [0.1, 0.15) is 51.4 Å². The summed E-state index contributed by atoms with van der Waals surface area (Å²) in [5, 5.41) is 13.6. The summed E-state index contributed by atoms with van der Waals surface area (Å²) in [4.78, 5) is 0. The van der Waals surface area contributed by atoms with Crippen molar-refractivity contribution in [1.82, 2.24) is 5.32 Å². The van der Waals surface area contributed by atoms with E-state index in [0.29, 0.717) is 5.92 Å². The Bertz CT molecular complexity index is 169. The molecule has 1 saturated carbocycles. The average Bonchev–Trinajstić information content (AvgIpc) is 2.65. The minimum atomic E-state index is -0.00407. The zero-order valence-corrected chi connectivity index (χ0v) is 9.75. The van der Waals surface area contributed by atoms with Gasteiger partial charge in [-0.15, -0.1) is 0 Å². The number of aliphatic hydroxyl groups excluding tert-OH is 1. The molecule has 0 radical (unpaired) electrons. The largest absolute Gasteiger partial charge is 0.393 e. The third kappa shape index (κ3) is 3.46. The summed E-state index contributed by atoms with van der Waals surface area (Å²) in [6.45, 7) is 2.33. The highest BCUT2D eigenvalue weighted by Crippen LogP contribution is 2.32. The van der Waals surface area contributed by atoms with Crippen LogP contribution in [0.25, 0.3) is 0 Å². The second-order valence-electron chi connectivity index (χ2n) is 5.39. The Balaban J connectivity index is 1.73. The number of hydrogen-bond acceptors (Lipinski definition) is 2. The zero-order chi connectivity index (χ0) is 10.5. The molecule has 2 atom stereocenters. The third-order valence-electron chi connectivity index (χ3n) is 4.21. The van der Waals surface area contributed by atoms with E-state index in [9.17, 15) is 5.11 Å². The van der Waals surface area contributed by atoms with Crippen LogP contribution in [0.5, 0.6) is 0 Å². The van der Waals surface area contributed by atoms with Gasteiger partial charge < -0.3 is 10.4 Å². The van der Waals surface area contributed by atoms with Gasteiger partial charge in [0.05, 0.1) is 6.10 Å². The van der Waals surface area contributed by atoms with E-state index in [1.165, 1.54) is 51.5 Å². The molecular formula is C13H25NO. The Morgan fingerprint density at radius 1 is 1.00 bits per heavy atom. The highest BCUT2D eigenvalue weighted by Gasteiger charge is 2.25. The molecule has 0 amide bonds. The molecule has 1 aliphatic carbocycles. The van der Waals surface area contributed by atoms with Crippen LogP contribution in [0, 0.1) is 11.8 Å². The van der Waals surface area contributed by atoms with Crippen LogP contribution in [-0.2, 0) is 0 Å². The maximum Gasteiger partial charge on any atom is 0.0571 e. The molecule has 2 aliphatic rings. The van der Waals surface area contributed by atoms with Crippen LogP contribution in [0.3, 0.4) is 0 Å². The number of nitrogens with one attached hydrogen (secondary N) is 1. The summed E-state index contributed by atoms with van der Waals surface area (Å²) in [7, 11) is 0. The van der Waals surface area contributed by atoms with Crippen LogP contribution in [0.15, 0.2) is 0 Å². The summed E-state index contributed by atoms with van der Waals surface area (Å²) in [5.41, 5.74) is 0. The first-order chi connectivity index (χ1) is 7.36. The van der Waals surface area contributed by atoms with Gasteiger partial charge in [0.15, 0.2) is 0 Å². The van der Waals surface area contributed by atoms with Gasteiger partial charge in [0.25, 0.3) is 0 Å². The van der Waals surface area contributed by atoms with Crippen molar-refractivity contribution in [2.24, 2.45) is 11.8 Å². The van der Waals surface area contributed by atoms with E-state index in [1.807, 2.05) is 0 Å². The van der Waals surface area contributed by atoms with E-state index in [2.05, 4.69) is 5.32 Å². The second-order valence-corrected chi connectivity index (χ2v) is 5.39. The Morgan fingerprint density at radius 2 is 1.80 bits per heavy atom. The van der Waals surface area contributed by atoms with Gasteiger partial charge >= 0.3 is 0 Å². The molecule has 0 aromatic heterocycles. The summed E-state index contributed by atoms with van der Waals surface area (Å²) in [6, 6.07) is 0. The molecule has 2 heteroatoms. The molecule has 0 aromatic rings. The monoisotopic (exact) mass is 211 g/mol. The third-order valence-corrected chi connectivity index (χ3v) is 4.21. The fourth-order valence-corrected chi connectivity index (χ4v) is 3.20. The summed E-state index contributed by atoms with van der Waals surface area (Å²) in [5.74, 6) is 1.40. The minimum Gasteiger partial charge on any atom is -0.393 e. The molecule has 2 fully saturated rings. The van der Waals surface area contributed by atoms with Crippen molar-refractivity contribution in [3.05, 3.63) is 0 Å². The van der Waals surface area contributed by atoms with E-state index in [4.69, 9.17) is 0 Å². The lowest BCUT2D eigenvalue weighted by Gasteiger charge is -2.22. The quantitative estimate of drug-likeness (QED) is 0.751. The van der Waals surface area contributed by atoms with E-state index < -0.39 is 0 Å². The maximum absolute atomic E-state index is 10.2. The van der Waals surface area contributed by atoms with Gasteiger partial charge in [-0.05, 0) is 63.5 Å². The lowest BCUT2D eigenvalue weighted by molar-refractivity contribution is 0.0818. The second kappa shape index (κ2) is 5.86. The molecule has 0 bridgehead atoms. The van der Waals surface area contributed by atoms with Gasteiger partial charge in [-0.2, -0.15) is 0 Å². The predicted octanol–water partition coefficient (Wildman–Crippen LogP) is 2.32. The Labute approximate surface area is 93.5 Å². The smallest absolute Gasteiger partial charge is 0.0571 e. The summed E-state index contributed by atoms with van der Waals surface area (Å²) in [6.07, 6.45) is 10.2. The molecular weight excluding hydrogens is 186 g/mol. The van der Waals surface area contributed by atoms with Crippen molar-refractivity contribution in [1.29, 1.82) is 0 Å². The fourth-order valence-electron chi connectivity index (χ4n) is 3.20. The van der Waals surface area contributed by atoms with Crippen LogP contribution < -0.4 is 5.32 Å². The molecule has 1 aliphatic heterocycles. The van der Waals surface area contributed by atoms with Crippen LogP contribution >= 0.6 is 0 Å². The van der Waals surface area contributed by atoms with Gasteiger partial charge in [0, 0.05) is 0 Å². The first-order valence-electron chi connectivity index (χ1n) is 6.75. The molecule has 0 aromatic carbocycles. The Hall–Kier alpha value is -0.0800.